The molecule has 2 aliphatic rings. The van der Waals surface area contributed by atoms with Crippen molar-refractivity contribution in [1.29, 1.82) is 0 Å². The van der Waals surface area contributed by atoms with Crippen LogP contribution in [0, 0.1) is 5.92 Å². The lowest BCUT2D eigenvalue weighted by atomic mass is 9.83. The molecular weight excluding hydrogens is 232 g/mol. The third-order valence-corrected chi connectivity index (χ3v) is 3.66. The average Bonchev–Trinajstić information content (AvgIpc) is 2.78. The zero-order valence-electron chi connectivity index (χ0n) is 9.40. The summed E-state index contributed by atoms with van der Waals surface area (Å²) in [4.78, 5) is 15.4. The van der Waals surface area contributed by atoms with Crippen LogP contribution in [0.25, 0.3) is 0 Å². The van der Waals surface area contributed by atoms with Gasteiger partial charge in [0, 0.05) is 11.3 Å². The fourth-order valence-corrected chi connectivity index (χ4v) is 2.70. The summed E-state index contributed by atoms with van der Waals surface area (Å²) in [5.74, 6) is -0.470. The number of aryl methyl sites for hydroxylation is 1. The number of nitrogens with zero attached hydrogens (tertiary/aromatic N) is 1. The van der Waals surface area contributed by atoms with Crippen molar-refractivity contribution in [2.75, 3.05) is 5.73 Å². The number of hydrogen-bond donors (Lipinski definition) is 2. The number of carboxylic acids is 1. The Labute approximate surface area is 106 Å². The van der Waals surface area contributed by atoms with Crippen molar-refractivity contribution >= 4 is 11.8 Å². The summed E-state index contributed by atoms with van der Waals surface area (Å²) in [6.07, 6.45) is 1.90. The van der Waals surface area contributed by atoms with Crippen LogP contribution in [0.3, 0.4) is 0 Å². The fraction of sp³-hybridized carbons (Fsp3) is 0.538. The van der Waals surface area contributed by atoms with E-state index in [9.17, 15) is 4.79 Å². The molecular formula is C13H18N2O3. The molecule has 0 spiro atoms. The molecule has 1 aromatic heterocycles. The number of hydrogen-bond acceptors (Lipinski definition) is 4. The monoisotopic (exact) mass is 250 g/mol. The van der Waals surface area contributed by atoms with Crippen molar-refractivity contribution in [3.8, 4) is 0 Å². The summed E-state index contributed by atoms with van der Waals surface area (Å²) in [6, 6.07) is 0. The number of rotatable bonds is 1. The van der Waals surface area contributed by atoms with Crippen LogP contribution in [0.15, 0.2) is 0 Å². The minimum atomic E-state index is -0.722. The topological polar surface area (TPSA) is 85.4 Å². The van der Waals surface area contributed by atoms with E-state index < -0.39 is 5.97 Å². The Hall–Kier alpha value is -1.62. The first-order valence-corrected chi connectivity index (χ1v) is 5.76. The predicted molar refractivity (Wildman–Crippen MR) is 67.0 cm³/mol. The summed E-state index contributed by atoms with van der Waals surface area (Å²) >= 11 is 0. The number of pyridine rings is 1. The quantitative estimate of drug-likeness (QED) is 0.789. The molecule has 0 amide bonds. The van der Waals surface area contributed by atoms with Gasteiger partial charge < -0.3 is 15.6 Å². The van der Waals surface area contributed by atoms with Crippen LogP contribution in [0.2, 0.25) is 0 Å². The molecule has 1 unspecified atom stereocenters. The van der Waals surface area contributed by atoms with E-state index in [-0.39, 0.29) is 13.3 Å². The van der Waals surface area contributed by atoms with Gasteiger partial charge in [0.1, 0.15) is 5.82 Å². The molecule has 0 saturated carbocycles. The van der Waals surface area contributed by atoms with Crippen LogP contribution in [0.4, 0.5) is 5.82 Å². The maximum Gasteiger partial charge on any atom is 0.306 e. The molecule has 0 saturated heterocycles. The molecule has 98 valence electrons. The molecule has 0 bridgehead atoms. The summed E-state index contributed by atoms with van der Waals surface area (Å²) in [7, 11) is 0. The van der Waals surface area contributed by atoms with Gasteiger partial charge in [0.05, 0.1) is 19.1 Å². The zero-order valence-corrected chi connectivity index (χ0v) is 9.40. The Morgan fingerprint density at radius 3 is 2.78 bits per heavy atom. The Bertz CT molecular complexity index is 499. The highest BCUT2D eigenvalue weighted by Gasteiger charge is 2.30. The zero-order chi connectivity index (χ0) is 12.0. The van der Waals surface area contributed by atoms with Gasteiger partial charge in [0.25, 0.3) is 0 Å². The first kappa shape index (κ1) is 12.8. The van der Waals surface area contributed by atoms with E-state index in [1.54, 1.807) is 0 Å². The van der Waals surface area contributed by atoms with Gasteiger partial charge in [-0.3, -0.25) is 4.79 Å². The molecule has 0 fully saturated rings. The maximum atomic E-state index is 11.1. The highest BCUT2D eigenvalue weighted by atomic mass is 16.5. The number of ether oxygens (including phenoxy) is 1. The van der Waals surface area contributed by atoms with E-state index in [2.05, 4.69) is 4.98 Å². The largest absolute Gasteiger partial charge is 0.481 e. The number of nitrogen functional groups attached to an aromatic ring is 1. The lowest BCUT2D eigenvalue weighted by Gasteiger charge is -2.23. The Morgan fingerprint density at radius 1 is 1.33 bits per heavy atom. The summed E-state index contributed by atoms with van der Waals surface area (Å²) in [5.41, 5.74) is 9.94. The van der Waals surface area contributed by atoms with Gasteiger partial charge in [-0.05, 0) is 30.4 Å². The van der Waals surface area contributed by atoms with E-state index >= 15 is 0 Å². The molecule has 3 N–H and O–H groups in total. The third-order valence-electron chi connectivity index (χ3n) is 3.66. The minimum absolute atomic E-state index is 0. The molecule has 5 nitrogen and oxygen atoms in total. The summed E-state index contributed by atoms with van der Waals surface area (Å²) < 4.78 is 5.39. The summed E-state index contributed by atoms with van der Waals surface area (Å²) in [5, 5.41) is 9.09. The van der Waals surface area contributed by atoms with Crippen molar-refractivity contribution in [2.45, 2.75) is 39.9 Å². The molecule has 18 heavy (non-hydrogen) atoms. The number of nitrogens with two attached hydrogens (primary N) is 1. The Kier molecular flexibility index (Phi) is 3.26. The third kappa shape index (κ3) is 1.84. The highest BCUT2D eigenvalue weighted by Crippen LogP contribution is 2.34. The van der Waals surface area contributed by atoms with E-state index in [1.807, 2.05) is 0 Å². The van der Waals surface area contributed by atoms with E-state index in [0.29, 0.717) is 38.3 Å². The Balaban J connectivity index is 0.00000120. The van der Waals surface area contributed by atoms with Crippen molar-refractivity contribution < 1.29 is 14.6 Å². The molecule has 2 heterocycles. The van der Waals surface area contributed by atoms with E-state index in [0.717, 1.165) is 22.4 Å². The molecule has 1 aliphatic heterocycles. The number of carbonyl (C=O) groups is 1. The lowest BCUT2D eigenvalue weighted by molar-refractivity contribution is -0.142. The van der Waals surface area contributed by atoms with Crippen molar-refractivity contribution in [3.63, 3.8) is 0 Å². The van der Waals surface area contributed by atoms with Gasteiger partial charge in [-0.1, -0.05) is 7.43 Å². The molecule has 0 aromatic carbocycles. The smallest absolute Gasteiger partial charge is 0.306 e. The number of fused-ring (bicyclic) bond motifs is 3. The lowest BCUT2D eigenvalue weighted by Crippen LogP contribution is -2.24. The van der Waals surface area contributed by atoms with Gasteiger partial charge in [0.15, 0.2) is 0 Å². The van der Waals surface area contributed by atoms with Crippen LogP contribution in [0.5, 0.6) is 0 Å². The van der Waals surface area contributed by atoms with Gasteiger partial charge in [0.2, 0.25) is 0 Å². The standard InChI is InChI=1S/C12H14N2O3.CH4/c13-11-9-5-17-4-8(9)7-3-6(12(15)16)1-2-10(7)14-11;/h6H,1-5H2,(H2,13,14)(H,15,16);1H4. The van der Waals surface area contributed by atoms with Crippen LogP contribution < -0.4 is 5.73 Å². The number of aromatic nitrogens is 1. The molecule has 0 radical (unpaired) electrons. The second kappa shape index (κ2) is 4.57. The number of anilines is 1. The Morgan fingerprint density at radius 2 is 2.06 bits per heavy atom. The average molecular weight is 250 g/mol. The minimum Gasteiger partial charge on any atom is -0.481 e. The number of carboxylic acid groups (broad SMARTS) is 1. The van der Waals surface area contributed by atoms with Gasteiger partial charge in [-0.25, -0.2) is 4.98 Å². The van der Waals surface area contributed by atoms with Crippen LogP contribution in [-0.4, -0.2) is 16.1 Å². The molecule has 1 atom stereocenters. The second-order valence-corrected chi connectivity index (χ2v) is 4.65. The van der Waals surface area contributed by atoms with Crippen LogP contribution >= 0.6 is 0 Å². The molecule has 1 aromatic rings. The van der Waals surface area contributed by atoms with Crippen molar-refractivity contribution in [2.24, 2.45) is 5.92 Å². The molecule has 3 rings (SSSR count). The van der Waals surface area contributed by atoms with Crippen molar-refractivity contribution in [3.05, 3.63) is 22.4 Å². The SMILES string of the molecule is C.Nc1nc2c(c3c1COC3)CC(C(=O)O)CC2. The van der Waals surface area contributed by atoms with E-state index in [4.69, 9.17) is 15.6 Å². The summed E-state index contributed by atoms with van der Waals surface area (Å²) in [6.45, 7) is 1.04. The number of aliphatic carboxylic acids is 1. The first-order chi connectivity index (χ1) is 8.16. The molecule has 5 heteroatoms. The fourth-order valence-electron chi connectivity index (χ4n) is 2.70. The van der Waals surface area contributed by atoms with Gasteiger partial charge in [-0.15, -0.1) is 0 Å². The van der Waals surface area contributed by atoms with Crippen LogP contribution in [-0.2, 0) is 35.6 Å². The van der Waals surface area contributed by atoms with Crippen LogP contribution in [0.1, 0.15) is 36.2 Å². The normalized spacial score (nSPS) is 20.8. The predicted octanol–water partition coefficient (Wildman–Crippen LogP) is 1.52. The van der Waals surface area contributed by atoms with Gasteiger partial charge >= 0.3 is 5.97 Å². The molecule has 1 aliphatic carbocycles. The first-order valence-electron chi connectivity index (χ1n) is 5.76. The highest BCUT2D eigenvalue weighted by molar-refractivity contribution is 5.71. The second-order valence-electron chi connectivity index (χ2n) is 4.65. The van der Waals surface area contributed by atoms with Gasteiger partial charge in [-0.2, -0.15) is 0 Å². The maximum absolute atomic E-state index is 11.1. The van der Waals surface area contributed by atoms with E-state index in [1.165, 1.54) is 0 Å². The van der Waals surface area contributed by atoms with Crippen molar-refractivity contribution in [1.82, 2.24) is 4.98 Å².